The summed E-state index contributed by atoms with van der Waals surface area (Å²) in [5, 5.41) is 5.55. The predicted octanol–water partition coefficient (Wildman–Crippen LogP) is 2.10. The van der Waals surface area contributed by atoms with Gasteiger partial charge in [0, 0.05) is 0 Å². The third kappa shape index (κ3) is 10.5. The summed E-state index contributed by atoms with van der Waals surface area (Å²) in [5.41, 5.74) is 0. The molecule has 2 amide bonds. The molecule has 146 valence electrons. The van der Waals surface area contributed by atoms with E-state index in [0.717, 1.165) is 6.29 Å². The molecule has 0 saturated carbocycles. The van der Waals surface area contributed by atoms with Gasteiger partial charge in [0.25, 0.3) is 0 Å². The van der Waals surface area contributed by atoms with E-state index in [1.807, 2.05) is 41.5 Å². The summed E-state index contributed by atoms with van der Waals surface area (Å²) in [4.78, 5) is 36.2. The van der Waals surface area contributed by atoms with Crippen LogP contribution in [0.15, 0.2) is 0 Å². The van der Waals surface area contributed by atoms with Crippen molar-refractivity contribution >= 4 is 30.9 Å². The first kappa shape index (κ1) is 23.9. The van der Waals surface area contributed by atoms with Crippen LogP contribution in [-0.2, 0) is 14.4 Å². The summed E-state index contributed by atoms with van der Waals surface area (Å²) in [5.74, 6) is 0.261. The largest absolute Gasteiger partial charge is 0.345 e. The monoisotopic (exact) mass is 373 g/mol. The van der Waals surface area contributed by atoms with Crippen LogP contribution in [0.25, 0.3) is 0 Å². The molecule has 0 unspecified atom stereocenters. The van der Waals surface area contributed by atoms with Gasteiger partial charge in [-0.25, -0.2) is 0 Å². The number of carbonyl (C=O) groups excluding carboxylic acids is 3. The third-order valence-electron chi connectivity index (χ3n) is 3.74. The molecule has 3 N–H and O–H groups in total. The minimum Gasteiger partial charge on any atom is -0.345 e. The van der Waals surface area contributed by atoms with Crippen molar-refractivity contribution in [3.8, 4) is 0 Å². The molecule has 0 radical (unpaired) electrons. The van der Waals surface area contributed by atoms with E-state index in [4.69, 9.17) is 0 Å². The third-order valence-corrected chi connectivity index (χ3v) is 4.05. The van der Waals surface area contributed by atoms with Crippen LogP contribution in [0.1, 0.15) is 60.8 Å². The Kier molecular flexibility index (Phi) is 11.8. The minimum atomic E-state index is -0.668. The lowest BCUT2D eigenvalue weighted by Gasteiger charge is -2.25. The van der Waals surface area contributed by atoms with Crippen molar-refractivity contribution in [1.82, 2.24) is 15.4 Å². The highest BCUT2D eigenvalue weighted by Gasteiger charge is 2.27. The van der Waals surface area contributed by atoms with Crippen molar-refractivity contribution in [3.05, 3.63) is 0 Å². The van der Waals surface area contributed by atoms with E-state index in [2.05, 4.69) is 28.2 Å². The first-order valence-electron chi connectivity index (χ1n) is 9.06. The Morgan fingerprint density at radius 2 is 1.24 bits per heavy atom. The maximum atomic E-state index is 12.6. The molecule has 6 nitrogen and oxygen atoms in total. The van der Waals surface area contributed by atoms with Gasteiger partial charge in [-0.15, -0.1) is 0 Å². The van der Waals surface area contributed by atoms with Gasteiger partial charge in [0.15, 0.2) is 0 Å². The van der Waals surface area contributed by atoms with Crippen molar-refractivity contribution in [2.75, 3.05) is 0 Å². The number of nitrogens with one attached hydrogen (secondary N) is 3. The molecule has 0 aliphatic heterocycles. The van der Waals surface area contributed by atoms with E-state index in [9.17, 15) is 14.4 Å². The second-order valence-corrected chi connectivity index (χ2v) is 8.14. The number of aldehydes is 1. The smallest absolute Gasteiger partial charge is 0.243 e. The Hall–Kier alpha value is -1.08. The van der Waals surface area contributed by atoms with Crippen LogP contribution >= 0.6 is 12.8 Å². The van der Waals surface area contributed by atoms with Gasteiger partial charge < -0.3 is 15.4 Å². The van der Waals surface area contributed by atoms with Gasteiger partial charge in [-0.1, -0.05) is 54.4 Å². The van der Waals surface area contributed by atoms with Gasteiger partial charge in [0.1, 0.15) is 12.3 Å². The molecule has 25 heavy (non-hydrogen) atoms. The van der Waals surface area contributed by atoms with Crippen LogP contribution in [-0.4, -0.2) is 36.2 Å². The Morgan fingerprint density at radius 1 is 0.800 bits per heavy atom. The summed E-state index contributed by atoms with van der Waals surface area (Å²) in [7, 11) is 0. The van der Waals surface area contributed by atoms with E-state index >= 15 is 0 Å². The summed E-state index contributed by atoms with van der Waals surface area (Å²) < 4.78 is 2.70. The Morgan fingerprint density at radius 3 is 1.64 bits per heavy atom. The molecule has 0 fully saturated rings. The van der Waals surface area contributed by atoms with Crippen LogP contribution in [0.2, 0.25) is 0 Å². The van der Waals surface area contributed by atoms with Crippen LogP contribution in [0.5, 0.6) is 0 Å². The zero-order valence-corrected chi connectivity index (χ0v) is 17.2. The van der Waals surface area contributed by atoms with Crippen LogP contribution in [0, 0.1) is 17.8 Å². The lowest BCUT2D eigenvalue weighted by molar-refractivity contribution is -0.131. The van der Waals surface area contributed by atoms with E-state index in [1.54, 1.807) is 0 Å². The molecule has 0 aliphatic rings. The molecular weight excluding hydrogens is 338 g/mol. The van der Waals surface area contributed by atoms with Gasteiger partial charge in [0.05, 0.1) is 12.1 Å². The van der Waals surface area contributed by atoms with Gasteiger partial charge >= 0.3 is 0 Å². The average molecular weight is 374 g/mol. The number of thiol groups is 1. The fourth-order valence-electron chi connectivity index (χ4n) is 2.60. The highest BCUT2D eigenvalue weighted by molar-refractivity contribution is 7.78. The first-order valence-corrected chi connectivity index (χ1v) is 9.51. The summed E-state index contributed by atoms with van der Waals surface area (Å²) in [6.07, 6.45) is 2.45. The quantitative estimate of drug-likeness (QED) is 0.312. The molecule has 0 aliphatic carbocycles. The highest BCUT2D eigenvalue weighted by atomic mass is 32.1. The molecule has 0 rings (SSSR count). The zero-order valence-electron chi connectivity index (χ0n) is 16.3. The number of hydrogen-bond donors (Lipinski definition) is 4. The minimum absolute atomic E-state index is 0.225. The lowest BCUT2D eigenvalue weighted by atomic mass is 9.99. The van der Waals surface area contributed by atoms with E-state index in [0.29, 0.717) is 25.2 Å². The van der Waals surface area contributed by atoms with E-state index in [-0.39, 0.29) is 23.7 Å². The van der Waals surface area contributed by atoms with Crippen LogP contribution in [0.3, 0.4) is 0 Å². The number of rotatable bonds is 12. The Balaban J connectivity index is 5.00. The Labute approximate surface area is 157 Å². The van der Waals surface area contributed by atoms with Gasteiger partial charge in [-0.2, -0.15) is 0 Å². The average Bonchev–Trinajstić information content (AvgIpc) is 2.49. The van der Waals surface area contributed by atoms with Crippen molar-refractivity contribution in [3.63, 3.8) is 0 Å². The summed E-state index contributed by atoms with van der Waals surface area (Å²) >= 11 is 4.02. The normalized spacial score (nSPS) is 15.1. The second-order valence-electron chi connectivity index (χ2n) is 7.88. The molecular formula is C18H35N3O3S. The summed E-state index contributed by atoms with van der Waals surface area (Å²) in [6, 6.07) is -1.67. The molecule has 3 atom stereocenters. The highest BCUT2D eigenvalue weighted by Crippen LogP contribution is 2.10. The fourth-order valence-corrected chi connectivity index (χ4v) is 2.83. The molecule has 0 spiro atoms. The fraction of sp³-hybridized carbons (Fsp3) is 0.833. The predicted molar refractivity (Wildman–Crippen MR) is 104 cm³/mol. The zero-order chi connectivity index (χ0) is 19.6. The first-order chi connectivity index (χ1) is 11.6. The summed E-state index contributed by atoms with van der Waals surface area (Å²) in [6.45, 7) is 12.0. The molecule has 0 saturated heterocycles. The van der Waals surface area contributed by atoms with E-state index in [1.165, 1.54) is 0 Å². The number of amides is 2. The molecule has 0 aromatic rings. The molecule has 0 heterocycles. The second kappa shape index (κ2) is 12.3. The van der Waals surface area contributed by atoms with Crippen molar-refractivity contribution in [1.29, 1.82) is 0 Å². The maximum absolute atomic E-state index is 12.6. The topological polar surface area (TPSA) is 87.3 Å². The molecule has 0 aromatic carbocycles. The number of hydrogen-bond acceptors (Lipinski definition) is 5. The molecule has 0 bridgehead atoms. The standard InChI is InChI=1S/C18H35N3O3S/c1-11(2)7-14(10-22)19-17(23)15(8-12(3)4)20-18(24)16(21-25)9-13(5)6/h10-16,21,25H,7-9H2,1-6H3,(H,19,23)(H,20,24)/t14-,15-,16-/m0/s1. The lowest BCUT2D eigenvalue weighted by Crippen LogP contribution is -2.54. The molecule has 7 heteroatoms. The number of carbonyl (C=O) groups is 3. The van der Waals surface area contributed by atoms with Crippen LogP contribution in [0.4, 0.5) is 0 Å². The van der Waals surface area contributed by atoms with E-state index < -0.39 is 18.1 Å². The van der Waals surface area contributed by atoms with Gasteiger partial charge in [0.2, 0.25) is 11.8 Å². The van der Waals surface area contributed by atoms with Crippen molar-refractivity contribution in [2.45, 2.75) is 78.9 Å². The van der Waals surface area contributed by atoms with Crippen molar-refractivity contribution < 1.29 is 14.4 Å². The van der Waals surface area contributed by atoms with Crippen molar-refractivity contribution in [2.24, 2.45) is 17.8 Å². The SMILES string of the molecule is CC(C)C[C@@H](C=O)NC(=O)[C@H](CC(C)C)NC(=O)[C@H](CC(C)C)NS. The van der Waals surface area contributed by atoms with Crippen LogP contribution < -0.4 is 15.4 Å². The van der Waals surface area contributed by atoms with Gasteiger partial charge in [-0.3, -0.25) is 14.3 Å². The Bertz CT molecular complexity index is 428. The van der Waals surface area contributed by atoms with Gasteiger partial charge in [-0.05, 0) is 37.0 Å². The maximum Gasteiger partial charge on any atom is 0.243 e. The molecule has 0 aromatic heterocycles.